The van der Waals surface area contributed by atoms with Crippen molar-refractivity contribution in [3.05, 3.63) is 47.2 Å². The first-order valence-electron chi connectivity index (χ1n) is 5.32. The predicted molar refractivity (Wildman–Crippen MR) is 60.1 cm³/mol. The standard InChI is InChI=1S/C13H17N/c1-3-11-5-7-12-6-4-10(2)14-9-13(12)8-11/h5,7-8,14H,2-4,6,9H2,1H3. The molecule has 1 aromatic rings. The molecule has 2 rings (SSSR count). The number of nitrogens with one attached hydrogen (secondary N) is 1. The van der Waals surface area contributed by atoms with Crippen LogP contribution in [-0.4, -0.2) is 0 Å². The molecule has 14 heavy (non-hydrogen) atoms. The summed E-state index contributed by atoms with van der Waals surface area (Å²) in [6, 6.07) is 6.84. The highest BCUT2D eigenvalue weighted by Gasteiger charge is 2.08. The van der Waals surface area contributed by atoms with Gasteiger partial charge in [0.05, 0.1) is 0 Å². The maximum absolute atomic E-state index is 3.99. The number of rotatable bonds is 1. The highest BCUT2D eigenvalue weighted by molar-refractivity contribution is 5.34. The zero-order valence-corrected chi connectivity index (χ0v) is 8.77. The maximum Gasteiger partial charge on any atom is 0.0400 e. The quantitative estimate of drug-likeness (QED) is 0.713. The molecule has 74 valence electrons. The zero-order chi connectivity index (χ0) is 9.97. The van der Waals surface area contributed by atoms with Gasteiger partial charge in [-0.3, -0.25) is 0 Å². The Hall–Kier alpha value is -1.24. The van der Waals surface area contributed by atoms with Gasteiger partial charge in [0.2, 0.25) is 0 Å². The molecule has 1 nitrogen and oxygen atoms in total. The van der Waals surface area contributed by atoms with Gasteiger partial charge in [-0.25, -0.2) is 0 Å². The largest absolute Gasteiger partial charge is 0.385 e. The smallest absolute Gasteiger partial charge is 0.0400 e. The number of allylic oxidation sites excluding steroid dienone is 1. The van der Waals surface area contributed by atoms with Crippen LogP contribution in [0, 0.1) is 0 Å². The molecule has 1 heteroatoms. The summed E-state index contributed by atoms with van der Waals surface area (Å²) in [5.41, 5.74) is 5.52. The molecular weight excluding hydrogens is 170 g/mol. The molecule has 1 N–H and O–H groups in total. The minimum Gasteiger partial charge on any atom is -0.385 e. The molecule has 0 fully saturated rings. The van der Waals surface area contributed by atoms with Crippen molar-refractivity contribution in [3.8, 4) is 0 Å². The van der Waals surface area contributed by atoms with Crippen molar-refractivity contribution in [2.75, 3.05) is 0 Å². The first-order chi connectivity index (χ1) is 6.79. The average molecular weight is 187 g/mol. The van der Waals surface area contributed by atoms with Crippen LogP contribution in [0.15, 0.2) is 30.5 Å². The molecule has 0 aliphatic carbocycles. The molecule has 1 aliphatic heterocycles. The summed E-state index contributed by atoms with van der Waals surface area (Å²) in [7, 11) is 0. The van der Waals surface area contributed by atoms with Crippen LogP contribution >= 0.6 is 0 Å². The number of aryl methyl sites for hydroxylation is 2. The third-order valence-corrected chi connectivity index (χ3v) is 2.90. The van der Waals surface area contributed by atoms with E-state index in [2.05, 4.69) is 37.0 Å². The molecule has 0 bridgehead atoms. The van der Waals surface area contributed by atoms with Crippen molar-refractivity contribution in [1.82, 2.24) is 5.32 Å². The van der Waals surface area contributed by atoms with Crippen LogP contribution in [0.4, 0.5) is 0 Å². The summed E-state index contributed by atoms with van der Waals surface area (Å²) >= 11 is 0. The SMILES string of the molecule is C=C1CCc2ccc(CC)cc2CN1. The Kier molecular flexibility index (Phi) is 2.58. The lowest BCUT2D eigenvalue weighted by Crippen LogP contribution is -2.09. The fraction of sp³-hybridized carbons (Fsp3) is 0.385. The summed E-state index contributed by atoms with van der Waals surface area (Å²) in [5, 5.41) is 3.36. The lowest BCUT2D eigenvalue weighted by Gasteiger charge is -2.07. The predicted octanol–water partition coefficient (Wildman–Crippen LogP) is 2.80. The van der Waals surface area contributed by atoms with Crippen molar-refractivity contribution < 1.29 is 0 Å². The van der Waals surface area contributed by atoms with E-state index in [1.165, 1.54) is 22.4 Å². The van der Waals surface area contributed by atoms with Crippen molar-refractivity contribution in [2.24, 2.45) is 0 Å². The molecule has 0 unspecified atom stereocenters. The van der Waals surface area contributed by atoms with E-state index >= 15 is 0 Å². The third kappa shape index (κ3) is 1.82. The Bertz CT molecular complexity index is 352. The van der Waals surface area contributed by atoms with Gasteiger partial charge in [-0.2, -0.15) is 0 Å². The van der Waals surface area contributed by atoms with Crippen molar-refractivity contribution in [3.63, 3.8) is 0 Å². The van der Waals surface area contributed by atoms with E-state index in [-0.39, 0.29) is 0 Å². The number of benzene rings is 1. The second-order valence-corrected chi connectivity index (χ2v) is 3.91. The number of hydrogen-bond donors (Lipinski definition) is 1. The molecule has 1 aliphatic rings. The molecule has 0 atom stereocenters. The zero-order valence-electron chi connectivity index (χ0n) is 8.77. The molecule has 1 heterocycles. The molecule has 0 saturated carbocycles. The van der Waals surface area contributed by atoms with E-state index in [0.717, 1.165) is 25.8 Å². The topological polar surface area (TPSA) is 12.0 Å². The van der Waals surface area contributed by atoms with Gasteiger partial charge in [-0.15, -0.1) is 0 Å². The minimum atomic E-state index is 0.946. The van der Waals surface area contributed by atoms with Crippen molar-refractivity contribution >= 4 is 0 Å². The Morgan fingerprint density at radius 3 is 2.93 bits per heavy atom. The van der Waals surface area contributed by atoms with Crippen molar-refractivity contribution in [2.45, 2.75) is 32.7 Å². The Balaban J connectivity index is 2.31. The maximum atomic E-state index is 3.99. The Morgan fingerprint density at radius 2 is 2.14 bits per heavy atom. The molecule has 0 spiro atoms. The summed E-state index contributed by atoms with van der Waals surface area (Å²) in [5.74, 6) is 0. The van der Waals surface area contributed by atoms with Gasteiger partial charge in [0.15, 0.2) is 0 Å². The fourth-order valence-electron chi connectivity index (χ4n) is 1.90. The third-order valence-electron chi connectivity index (χ3n) is 2.90. The van der Waals surface area contributed by atoms with Gasteiger partial charge in [0.25, 0.3) is 0 Å². The van der Waals surface area contributed by atoms with Crippen LogP contribution in [0.5, 0.6) is 0 Å². The van der Waals surface area contributed by atoms with E-state index < -0.39 is 0 Å². The highest BCUT2D eigenvalue weighted by atomic mass is 14.9. The molecule has 0 aromatic heterocycles. The van der Waals surface area contributed by atoms with Crippen LogP contribution < -0.4 is 5.32 Å². The minimum absolute atomic E-state index is 0.946. The van der Waals surface area contributed by atoms with Crippen LogP contribution in [-0.2, 0) is 19.4 Å². The molecule has 0 amide bonds. The first-order valence-corrected chi connectivity index (χ1v) is 5.32. The number of hydrogen-bond acceptors (Lipinski definition) is 1. The van der Waals surface area contributed by atoms with E-state index in [1.807, 2.05) is 0 Å². The summed E-state index contributed by atoms with van der Waals surface area (Å²) in [6.07, 6.45) is 3.32. The van der Waals surface area contributed by atoms with Crippen molar-refractivity contribution in [1.29, 1.82) is 0 Å². The molecule has 0 radical (unpaired) electrons. The normalized spacial score (nSPS) is 15.6. The molecule has 1 aromatic carbocycles. The van der Waals surface area contributed by atoms with Crippen LogP contribution in [0.25, 0.3) is 0 Å². The van der Waals surface area contributed by atoms with Gasteiger partial charge in [-0.1, -0.05) is 31.7 Å². The Morgan fingerprint density at radius 1 is 1.29 bits per heavy atom. The van der Waals surface area contributed by atoms with Gasteiger partial charge in [-0.05, 0) is 36.0 Å². The average Bonchev–Trinajstić information content (AvgIpc) is 2.40. The second kappa shape index (κ2) is 3.87. The van der Waals surface area contributed by atoms with Gasteiger partial charge >= 0.3 is 0 Å². The van der Waals surface area contributed by atoms with Gasteiger partial charge < -0.3 is 5.32 Å². The lowest BCUT2D eigenvalue weighted by atomic mass is 10.0. The van der Waals surface area contributed by atoms with E-state index in [0.29, 0.717) is 0 Å². The Labute approximate surface area is 85.8 Å². The highest BCUT2D eigenvalue weighted by Crippen LogP contribution is 2.19. The lowest BCUT2D eigenvalue weighted by molar-refractivity contribution is 0.789. The van der Waals surface area contributed by atoms with Crippen LogP contribution in [0.2, 0.25) is 0 Å². The monoisotopic (exact) mass is 187 g/mol. The van der Waals surface area contributed by atoms with E-state index in [9.17, 15) is 0 Å². The molecule has 0 saturated heterocycles. The summed E-state index contributed by atoms with van der Waals surface area (Å²) < 4.78 is 0. The number of fused-ring (bicyclic) bond motifs is 1. The summed E-state index contributed by atoms with van der Waals surface area (Å²) in [6.45, 7) is 7.13. The molecular formula is C13H17N. The van der Waals surface area contributed by atoms with E-state index in [4.69, 9.17) is 0 Å². The van der Waals surface area contributed by atoms with Crippen LogP contribution in [0.3, 0.4) is 0 Å². The second-order valence-electron chi connectivity index (χ2n) is 3.91. The first kappa shape index (κ1) is 9.32. The van der Waals surface area contributed by atoms with Gasteiger partial charge in [0, 0.05) is 12.2 Å². The fourth-order valence-corrected chi connectivity index (χ4v) is 1.90. The summed E-state index contributed by atoms with van der Waals surface area (Å²) in [4.78, 5) is 0. The van der Waals surface area contributed by atoms with Gasteiger partial charge in [0.1, 0.15) is 0 Å². The van der Waals surface area contributed by atoms with E-state index in [1.54, 1.807) is 0 Å². The van der Waals surface area contributed by atoms with Crippen LogP contribution in [0.1, 0.15) is 30.0 Å².